The molecule has 0 amide bonds. The molecule has 16 nitrogen and oxygen atoms in total. The lowest BCUT2D eigenvalue weighted by Gasteiger charge is -2.09. The molecule has 0 spiro atoms. The monoisotopic (exact) mass is 1510 g/mol. The number of nitrogens with zero attached hydrogens (tertiary/aromatic N) is 1. The van der Waals surface area contributed by atoms with Gasteiger partial charge in [0.15, 0.2) is 0 Å². The number of nitrogens with two attached hydrogens (primary N) is 3. The predicted molar refractivity (Wildman–Crippen MR) is 458 cm³/mol. The molecule has 0 radical (unpaired) electrons. The molecule has 0 fully saturated rings. The van der Waals surface area contributed by atoms with Crippen molar-refractivity contribution in [3.8, 4) is 0 Å². The van der Waals surface area contributed by atoms with Gasteiger partial charge in [0.25, 0.3) is 0 Å². The Morgan fingerprint density at radius 1 is 0.327 bits per heavy atom. The number of hydrogen-bond donors (Lipinski definition) is 15. The number of aryl methyl sites for hydroxylation is 1. The maximum Gasteiger partial charge on any atom is 0.416 e. The molecular weight excluding hydrogens is 1380 g/mol. The van der Waals surface area contributed by atoms with Crippen LogP contribution < -0.4 is 81.0 Å². The van der Waals surface area contributed by atoms with Crippen molar-refractivity contribution in [2.45, 2.75) is 78.5 Å². The van der Waals surface area contributed by atoms with Crippen molar-refractivity contribution < 1.29 is 13.2 Å². The van der Waals surface area contributed by atoms with Crippen LogP contribution >= 0.6 is 23.2 Å². The number of halogens is 5. The van der Waals surface area contributed by atoms with E-state index in [2.05, 4.69) is 175 Å². The van der Waals surface area contributed by atoms with E-state index in [0.29, 0.717) is 12.1 Å². The van der Waals surface area contributed by atoms with Gasteiger partial charge in [-0.1, -0.05) is 186 Å². The van der Waals surface area contributed by atoms with Crippen molar-refractivity contribution in [1.29, 1.82) is 0 Å². The number of para-hydroxylation sites is 2. The van der Waals surface area contributed by atoms with Gasteiger partial charge in [0.2, 0.25) is 0 Å². The molecular formula is C86H123Cl2F3N16. The summed E-state index contributed by atoms with van der Waals surface area (Å²) in [5.41, 5.74) is 35.4. The van der Waals surface area contributed by atoms with E-state index in [1.54, 1.807) is 13.1 Å². The highest BCUT2D eigenvalue weighted by molar-refractivity contribution is 6.31. The van der Waals surface area contributed by atoms with E-state index in [0.717, 1.165) is 121 Å². The van der Waals surface area contributed by atoms with Crippen LogP contribution in [0.5, 0.6) is 0 Å². The van der Waals surface area contributed by atoms with Crippen LogP contribution in [-0.2, 0) is 71.6 Å². The van der Waals surface area contributed by atoms with Gasteiger partial charge in [0, 0.05) is 131 Å². The van der Waals surface area contributed by atoms with Crippen molar-refractivity contribution in [2.75, 3.05) is 132 Å². The fraction of sp³-hybridized carbons (Fsp3) is 0.302. The summed E-state index contributed by atoms with van der Waals surface area (Å²) in [4.78, 5) is 2.16. The molecule has 0 saturated heterocycles. The summed E-state index contributed by atoms with van der Waals surface area (Å²) in [5.74, 6) is 0. The molecule has 582 valence electrons. The highest BCUT2D eigenvalue weighted by Gasteiger charge is 2.30. The van der Waals surface area contributed by atoms with Gasteiger partial charge < -0.3 is 85.9 Å². The lowest BCUT2D eigenvalue weighted by Crippen LogP contribution is -2.10. The van der Waals surface area contributed by atoms with Crippen LogP contribution in [0, 0.1) is 6.92 Å². The number of benzene rings is 10. The molecule has 0 saturated carbocycles. The smallest absolute Gasteiger partial charge is 0.399 e. The molecule has 0 heterocycles. The zero-order valence-corrected chi connectivity index (χ0v) is 67.2. The third-order valence-corrected chi connectivity index (χ3v) is 15.4. The summed E-state index contributed by atoms with van der Waals surface area (Å²) in [5, 5.41) is 38.3. The number of nitrogen functional groups attached to an aromatic ring is 3. The van der Waals surface area contributed by atoms with Crippen molar-refractivity contribution in [2.24, 2.45) is 0 Å². The largest absolute Gasteiger partial charge is 0.416 e. The maximum absolute atomic E-state index is 12.2. The summed E-state index contributed by atoms with van der Waals surface area (Å²) in [6.07, 6.45) is -4.25. The van der Waals surface area contributed by atoms with E-state index >= 15 is 0 Å². The molecule has 10 aromatic carbocycles. The van der Waals surface area contributed by atoms with Crippen LogP contribution in [0.15, 0.2) is 243 Å². The fourth-order valence-electron chi connectivity index (χ4n) is 9.58. The summed E-state index contributed by atoms with van der Waals surface area (Å²) in [7, 11) is 27.1. The maximum atomic E-state index is 12.2. The van der Waals surface area contributed by atoms with E-state index in [9.17, 15) is 13.2 Å². The first-order chi connectivity index (χ1) is 51.5. The molecule has 0 aliphatic carbocycles. The second-order valence-corrected chi connectivity index (χ2v) is 25.2. The van der Waals surface area contributed by atoms with Crippen LogP contribution in [0.4, 0.5) is 47.3 Å². The second kappa shape index (κ2) is 60.0. The summed E-state index contributed by atoms with van der Waals surface area (Å²) in [6.45, 7) is 10.7. The fourth-order valence-corrected chi connectivity index (χ4v) is 9.99. The van der Waals surface area contributed by atoms with Crippen LogP contribution in [-0.4, -0.2) is 104 Å². The molecule has 0 unspecified atom stereocenters. The van der Waals surface area contributed by atoms with E-state index < -0.39 is 11.7 Å². The third-order valence-electron chi connectivity index (χ3n) is 14.8. The van der Waals surface area contributed by atoms with E-state index in [1.807, 2.05) is 211 Å². The first kappa shape index (κ1) is 96.0. The average molecular weight is 1510 g/mol. The molecule has 107 heavy (non-hydrogen) atoms. The molecule has 0 aliphatic heterocycles. The molecule has 0 bridgehead atoms. The normalized spacial score (nSPS) is 10.0. The zero-order chi connectivity index (χ0) is 79.5. The first-order valence-electron chi connectivity index (χ1n) is 35.5. The van der Waals surface area contributed by atoms with Gasteiger partial charge in [-0.3, -0.25) is 0 Å². The minimum atomic E-state index is -4.25. The van der Waals surface area contributed by atoms with Gasteiger partial charge in [0.1, 0.15) is 0 Å². The van der Waals surface area contributed by atoms with Crippen molar-refractivity contribution >= 4 is 57.3 Å². The Labute approximate surface area is 649 Å². The highest BCUT2D eigenvalue weighted by Crippen LogP contribution is 2.29. The molecule has 10 rings (SSSR count). The van der Waals surface area contributed by atoms with Crippen LogP contribution in [0.2, 0.25) is 10.0 Å². The number of hydrogen-bond acceptors (Lipinski definition) is 16. The van der Waals surface area contributed by atoms with Crippen LogP contribution in [0.25, 0.3) is 0 Å². The molecule has 0 aliphatic rings. The second-order valence-electron chi connectivity index (χ2n) is 24.4. The standard InChI is InChI=1S/C10H16N2.C9H10F3N.2C9H14N2.C9H13N.2C8H10ClN.3C8H12N2/c1-11-10-6-4-9(5-7-10)8-12(2)3;1-13-6-7-3-2-4-8(5-7)9(10,11)12;1-10-7-8-4-3-5-9(6-8)11-2;1-10-7-8-5-3-4-6-9(8)11-2;1-8-3-5-9(6-4-8)7-10-2;1-10-6-7-3-2-4-8(9)5-7;1-10-6-7-4-2-3-5-8(7)9;1-10-6-7-2-4-8(9)5-3-7;1-10-6-7-3-2-4-8(9)5-7;1-10-6-7-4-2-3-5-8(7)9/h4-7,11H,8H2,1-3H3;2-5,13H,6H2,1H3;2*3-6,10-11H,7H2,1-2H3;3-6,10H,7H2,1-2H3;2*2-5,10H,6H2,1H3;3*2-5,10H,6,9H2,1H3. The Morgan fingerprint density at radius 3 is 1.20 bits per heavy atom. The van der Waals surface area contributed by atoms with Crippen LogP contribution in [0.1, 0.15) is 66.8 Å². The zero-order valence-electron chi connectivity index (χ0n) is 65.7. The first-order valence-corrected chi connectivity index (χ1v) is 36.2. The number of alkyl halides is 3. The molecule has 21 heteroatoms. The lowest BCUT2D eigenvalue weighted by atomic mass is 10.1. The molecule has 10 aromatic rings. The SMILES string of the molecule is CNCc1ccc(C)cc1.CNCc1ccc(N)cc1.CNCc1cccc(C(F)(F)F)c1.CNCc1cccc(Cl)c1.CNCc1cccc(N)c1.CNCc1cccc(NC)c1.CNCc1ccccc1Cl.CNCc1ccccc1N.CNCc1ccccc1NC.CNc1ccc(CN(C)C)cc1. The topological polar surface area (TPSA) is 226 Å². The number of rotatable bonds is 23. The van der Waals surface area contributed by atoms with Crippen molar-refractivity contribution in [3.05, 3.63) is 319 Å². The van der Waals surface area contributed by atoms with Gasteiger partial charge in [-0.2, -0.15) is 13.2 Å². The predicted octanol–water partition coefficient (Wildman–Crippen LogP) is 15.9. The minimum absolute atomic E-state index is 0.448. The Hall–Kier alpha value is -9.03. The van der Waals surface area contributed by atoms with Gasteiger partial charge in [-0.05, 0) is 225 Å². The Bertz CT molecular complexity index is 3690. The summed E-state index contributed by atoms with van der Waals surface area (Å²) < 4.78 is 36.6. The third kappa shape index (κ3) is 46.6. The van der Waals surface area contributed by atoms with E-state index in [-0.39, 0.29) is 0 Å². The Balaban J connectivity index is 0.000000595. The average Bonchev–Trinajstić information content (AvgIpc) is 0.856. The van der Waals surface area contributed by atoms with Crippen LogP contribution in [0.3, 0.4) is 0 Å². The molecule has 0 atom stereocenters. The van der Waals surface area contributed by atoms with Gasteiger partial charge >= 0.3 is 6.18 Å². The van der Waals surface area contributed by atoms with Crippen molar-refractivity contribution in [1.82, 2.24) is 52.8 Å². The van der Waals surface area contributed by atoms with Crippen molar-refractivity contribution in [3.63, 3.8) is 0 Å². The summed E-state index contributed by atoms with van der Waals surface area (Å²) >= 11 is 11.6. The Morgan fingerprint density at radius 2 is 0.729 bits per heavy atom. The molecule has 0 aromatic heterocycles. The molecule has 18 N–H and O–H groups in total. The summed E-state index contributed by atoms with van der Waals surface area (Å²) in [6, 6.07) is 78.2. The van der Waals surface area contributed by atoms with Gasteiger partial charge in [-0.15, -0.1) is 0 Å². The number of anilines is 6. The lowest BCUT2D eigenvalue weighted by molar-refractivity contribution is -0.137. The minimum Gasteiger partial charge on any atom is -0.399 e. The number of nitrogens with one attached hydrogen (secondary N) is 12. The van der Waals surface area contributed by atoms with Gasteiger partial charge in [-0.25, -0.2) is 0 Å². The highest BCUT2D eigenvalue weighted by atomic mass is 35.5. The quantitative estimate of drug-likeness (QED) is 0.0267. The Kier molecular flexibility index (Phi) is 53.9. The van der Waals surface area contributed by atoms with Gasteiger partial charge in [0.05, 0.1) is 5.56 Å². The van der Waals surface area contributed by atoms with E-state index in [1.165, 1.54) is 56.3 Å². The van der Waals surface area contributed by atoms with E-state index in [4.69, 9.17) is 40.4 Å².